The van der Waals surface area contributed by atoms with Crippen LogP contribution in [0.4, 0.5) is 0 Å². The van der Waals surface area contributed by atoms with Crippen LogP contribution in [0.25, 0.3) is 10.9 Å². The summed E-state index contributed by atoms with van der Waals surface area (Å²) in [6.07, 6.45) is 2.06. The molecule has 24 heavy (non-hydrogen) atoms. The van der Waals surface area contributed by atoms with Gasteiger partial charge in [-0.3, -0.25) is 14.2 Å². The molecule has 7 heteroatoms. The van der Waals surface area contributed by atoms with Crippen molar-refractivity contribution >= 4 is 29.0 Å². The summed E-state index contributed by atoms with van der Waals surface area (Å²) in [6, 6.07) is 4.95. The maximum Gasteiger partial charge on any atom is 0.262 e. The molecule has 1 aliphatic heterocycles. The Labute approximate surface area is 144 Å². The molecule has 0 unspecified atom stereocenters. The number of nitrogens with one attached hydrogen (secondary N) is 2. The van der Waals surface area contributed by atoms with Gasteiger partial charge in [0.25, 0.3) is 11.5 Å². The lowest BCUT2D eigenvalue weighted by molar-refractivity contribution is 0.0712. The summed E-state index contributed by atoms with van der Waals surface area (Å²) in [7, 11) is 0. The van der Waals surface area contributed by atoms with E-state index in [4.69, 9.17) is 17.0 Å². The molecule has 3 rings (SSSR count). The number of fused-ring (bicyclic) bond motifs is 1. The van der Waals surface area contributed by atoms with Gasteiger partial charge < -0.3 is 15.0 Å². The number of amides is 1. The summed E-state index contributed by atoms with van der Waals surface area (Å²) >= 11 is 5.21. The monoisotopic (exact) mass is 347 g/mol. The Balaban J connectivity index is 1.89. The van der Waals surface area contributed by atoms with Gasteiger partial charge in [-0.05, 0) is 57.1 Å². The molecule has 1 aliphatic rings. The first-order valence-electron chi connectivity index (χ1n) is 8.20. The minimum Gasteiger partial charge on any atom is -0.376 e. The van der Waals surface area contributed by atoms with E-state index in [0.717, 1.165) is 19.4 Å². The third-order valence-corrected chi connectivity index (χ3v) is 4.76. The number of nitrogens with zero attached hydrogens (tertiary/aromatic N) is 1. The number of ether oxygens (including phenoxy) is 1. The molecule has 2 atom stereocenters. The summed E-state index contributed by atoms with van der Waals surface area (Å²) in [5, 5.41) is 3.49. The van der Waals surface area contributed by atoms with E-state index < -0.39 is 0 Å². The van der Waals surface area contributed by atoms with E-state index in [1.165, 1.54) is 4.57 Å². The van der Waals surface area contributed by atoms with E-state index >= 15 is 0 Å². The van der Waals surface area contributed by atoms with Gasteiger partial charge >= 0.3 is 0 Å². The van der Waals surface area contributed by atoms with Crippen LogP contribution in [0, 0.1) is 4.77 Å². The molecule has 2 aromatic rings. The van der Waals surface area contributed by atoms with E-state index in [1.54, 1.807) is 18.2 Å². The van der Waals surface area contributed by atoms with Crippen molar-refractivity contribution in [2.75, 3.05) is 6.61 Å². The van der Waals surface area contributed by atoms with Crippen molar-refractivity contribution in [3.05, 3.63) is 38.9 Å². The summed E-state index contributed by atoms with van der Waals surface area (Å²) in [5.74, 6) is -0.182. The van der Waals surface area contributed by atoms with E-state index in [-0.39, 0.29) is 23.6 Å². The van der Waals surface area contributed by atoms with Crippen LogP contribution in [0.15, 0.2) is 23.0 Å². The Morgan fingerprint density at radius 3 is 3.00 bits per heavy atom. The van der Waals surface area contributed by atoms with E-state index in [1.807, 2.05) is 13.8 Å². The highest BCUT2D eigenvalue weighted by Crippen LogP contribution is 2.16. The highest BCUT2D eigenvalue weighted by molar-refractivity contribution is 7.71. The molecule has 0 radical (unpaired) electrons. The van der Waals surface area contributed by atoms with Gasteiger partial charge in [0.05, 0.1) is 23.0 Å². The average molecular weight is 347 g/mol. The second-order valence-electron chi connectivity index (χ2n) is 6.05. The lowest BCUT2D eigenvalue weighted by Gasteiger charge is -2.20. The molecule has 1 amide bonds. The number of rotatable bonds is 4. The zero-order chi connectivity index (χ0) is 17.3. The van der Waals surface area contributed by atoms with Crippen LogP contribution in [0.3, 0.4) is 0 Å². The Hall–Kier alpha value is -1.99. The third-order valence-electron chi connectivity index (χ3n) is 4.44. The van der Waals surface area contributed by atoms with Gasteiger partial charge in [0.15, 0.2) is 4.77 Å². The molecule has 1 fully saturated rings. The fraction of sp³-hybridized carbons (Fsp3) is 0.471. The zero-order valence-electron chi connectivity index (χ0n) is 13.8. The van der Waals surface area contributed by atoms with Crippen LogP contribution in [-0.4, -0.2) is 34.2 Å². The largest absolute Gasteiger partial charge is 0.376 e. The summed E-state index contributed by atoms with van der Waals surface area (Å²) in [4.78, 5) is 27.9. The van der Waals surface area contributed by atoms with Gasteiger partial charge in [0, 0.05) is 18.7 Å². The van der Waals surface area contributed by atoms with Gasteiger partial charge in [-0.2, -0.15) is 0 Å². The predicted octanol–water partition coefficient (Wildman–Crippen LogP) is 2.38. The van der Waals surface area contributed by atoms with E-state index in [0.29, 0.717) is 27.8 Å². The van der Waals surface area contributed by atoms with Crippen LogP contribution >= 0.6 is 12.2 Å². The van der Waals surface area contributed by atoms with E-state index in [9.17, 15) is 9.59 Å². The number of aromatic nitrogens is 2. The van der Waals surface area contributed by atoms with Crippen molar-refractivity contribution in [2.45, 2.75) is 45.4 Å². The van der Waals surface area contributed by atoms with Crippen molar-refractivity contribution in [3.63, 3.8) is 0 Å². The number of hydrogen-bond donors (Lipinski definition) is 2. The third kappa shape index (κ3) is 3.14. The summed E-state index contributed by atoms with van der Waals surface area (Å²) in [6.45, 7) is 5.07. The topological polar surface area (TPSA) is 76.1 Å². The average Bonchev–Trinajstić information content (AvgIpc) is 3.09. The molecule has 0 saturated carbocycles. The molecule has 2 N–H and O–H groups in total. The molecular weight excluding hydrogens is 326 g/mol. The number of H-pyrrole nitrogens is 1. The SMILES string of the molecule is CCn1c(=S)[nH]c2cc(C(=O)N[C@@H](C)[C@@H]3CCCO3)ccc2c1=O. The van der Waals surface area contributed by atoms with Crippen molar-refractivity contribution in [2.24, 2.45) is 0 Å². The first-order chi connectivity index (χ1) is 11.5. The highest BCUT2D eigenvalue weighted by Gasteiger charge is 2.24. The van der Waals surface area contributed by atoms with Crippen molar-refractivity contribution in [1.82, 2.24) is 14.9 Å². The van der Waals surface area contributed by atoms with Crippen molar-refractivity contribution < 1.29 is 9.53 Å². The van der Waals surface area contributed by atoms with Crippen LogP contribution in [0.2, 0.25) is 0 Å². The first kappa shape index (κ1) is 16.9. The molecule has 0 aliphatic carbocycles. The second kappa shape index (κ2) is 6.86. The maximum atomic E-state index is 12.5. The standard InChI is InChI=1S/C17H21N3O3S/c1-3-20-16(22)12-7-6-11(9-13(12)19-17(20)24)15(21)18-10(2)14-5-4-8-23-14/h6-7,9-10,14H,3-5,8H2,1-2H3,(H,18,21)(H,19,24)/t10-,14-/m0/s1. The Bertz CT molecular complexity index is 881. The first-order valence-corrected chi connectivity index (χ1v) is 8.61. The van der Waals surface area contributed by atoms with Gasteiger partial charge in [0.1, 0.15) is 0 Å². The minimum absolute atomic E-state index is 0.0534. The fourth-order valence-electron chi connectivity index (χ4n) is 3.06. The molecule has 1 aromatic heterocycles. The van der Waals surface area contributed by atoms with Crippen LogP contribution in [0.1, 0.15) is 37.0 Å². The van der Waals surface area contributed by atoms with Crippen LogP contribution in [-0.2, 0) is 11.3 Å². The fourth-order valence-corrected chi connectivity index (χ4v) is 3.38. The lowest BCUT2D eigenvalue weighted by Crippen LogP contribution is -2.40. The maximum absolute atomic E-state index is 12.5. The molecular formula is C17H21N3O3S. The summed E-state index contributed by atoms with van der Waals surface area (Å²) < 4.78 is 7.46. The van der Waals surface area contributed by atoms with Gasteiger partial charge in [0.2, 0.25) is 0 Å². The lowest BCUT2D eigenvalue weighted by atomic mass is 10.1. The molecule has 128 valence electrons. The number of carbonyl (C=O) groups is 1. The molecule has 1 saturated heterocycles. The summed E-state index contributed by atoms with van der Waals surface area (Å²) in [5.41, 5.74) is 0.926. The van der Waals surface area contributed by atoms with Gasteiger partial charge in [-0.25, -0.2) is 0 Å². The Kier molecular flexibility index (Phi) is 4.82. The Morgan fingerprint density at radius 1 is 1.54 bits per heavy atom. The highest BCUT2D eigenvalue weighted by atomic mass is 32.1. The number of benzene rings is 1. The second-order valence-corrected chi connectivity index (χ2v) is 6.44. The zero-order valence-corrected chi connectivity index (χ0v) is 14.6. The van der Waals surface area contributed by atoms with Crippen molar-refractivity contribution in [3.8, 4) is 0 Å². The quantitative estimate of drug-likeness (QED) is 0.833. The normalized spacial score (nSPS) is 18.7. The van der Waals surface area contributed by atoms with Crippen LogP contribution < -0.4 is 10.9 Å². The van der Waals surface area contributed by atoms with E-state index in [2.05, 4.69) is 10.3 Å². The molecule has 1 aromatic carbocycles. The van der Waals surface area contributed by atoms with Gasteiger partial charge in [-0.15, -0.1) is 0 Å². The Morgan fingerprint density at radius 2 is 2.33 bits per heavy atom. The minimum atomic E-state index is -0.182. The predicted molar refractivity (Wildman–Crippen MR) is 95.0 cm³/mol. The molecule has 0 spiro atoms. The number of hydrogen-bond acceptors (Lipinski definition) is 4. The van der Waals surface area contributed by atoms with Gasteiger partial charge in [-0.1, -0.05) is 0 Å². The molecule has 0 bridgehead atoms. The molecule has 2 heterocycles. The van der Waals surface area contributed by atoms with Crippen LogP contribution in [0.5, 0.6) is 0 Å². The number of aromatic amines is 1. The number of carbonyl (C=O) groups excluding carboxylic acids is 1. The smallest absolute Gasteiger partial charge is 0.262 e. The van der Waals surface area contributed by atoms with Crippen molar-refractivity contribution in [1.29, 1.82) is 0 Å². The molecule has 6 nitrogen and oxygen atoms in total.